The lowest BCUT2D eigenvalue weighted by atomic mass is 10.1. The van der Waals surface area contributed by atoms with Crippen LogP contribution in [0.1, 0.15) is 11.1 Å². The molecule has 0 aliphatic carbocycles. The molecule has 1 amide bonds. The molecule has 1 N–H and O–H groups in total. The summed E-state index contributed by atoms with van der Waals surface area (Å²) >= 11 is 7.19. The summed E-state index contributed by atoms with van der Waals surface area (Å²) in [4.78, 5) is 12.2. The van der Waals surface area contributed by atoms with E-state index in [0.717, 1.165) is 16.8 Å². The van der Waals surface area contributed by atoms with Crippen LogP contribution < -0.4 is 5.32 Å². The number of carbonyl (C=O) groups excluding carboxylic acids is 1. The molecule has 26 heavy (non-hydrogen) atoms. The molecular weight excluding hydrogens is 398 g/mol. The minimum atomic E-state index is -3.19. The second-order valence-electron chi connectivity index (χ2n) is 6.17. The molecule has 11 heteroatoms. The Labute approximate surface area is 160 Å². The molecule has 0 unspecified atom stereocenters. The quantitative estimate of drug-likeness (QED) is 0.570. The van der Waals surface area contributed by atoms with Crippen molar-refractivity contribution in [2.45, 2.75) is 30.4 Å². The molecule has 0 radical (unpaired) electrons. The number of sulfone groups is 1. The van der Waals surface area contributed by atoms with Gasteiger partial charge in [-0.1, -0.05) is 30.0 Å². The summed E-state index contributed by atoms with van der Waals surface area (Å²) in [6.45, 7) is 3.93. The van der Waals surface area contributed by atoms with E-state index in [1.165, 1.54) is 11.8 Å². The van der Waals surface area contributed by atoms with Crippen LogP contribution in [0, 0.1) is 13.8 Å². The summed E-state index contributed by atoms with van der Waals surface area (Å²) in [6, 6.07) is 5.32. The van der Waals surface area contributed by atoms with E-state index in [0.29, 0.717) is 5.16 Å². The number of aromatic nitrogens is 4. The maximum absolute atomic E-state index is 12.2. The third-order valence-electron chi connectivity index (χ3n) is 4.05. The van der Waals surface area contributed by atoms with Crippen LogP contribution in [0.15, 0.2) is 23.4 Å². The molecule has 1 fully saturated rings. The number of thioether (sulfide) groups is 1. The monoisotopic (exact) mass is 415 g/mol. The Bertz CT molecular complexity index is 911. The minimum Gasteiger partial charge on any atom is -0.350 e. The van der Waals surface area contributed by atoms with Crippen LogP contribution in [-0.2, 0) is 14.6 Å². The van der Waals surface area contributed by atoms with Gasteiger partial charge in [0.15, 0.2) is 9.84 Å². The Morgan fingerprint density at radius 3 is 2.65 bits per heavy atom. The first kappa shape index (κ1) is 19.1. The molecule has 0 bridgehead atoms. The highest BCUT2D eigenvalue weighted by atomic mass is 35.5. The van der Waals surface area contributed by atoms with E-state index >= 15 is 0 Å². The first-order chi connectivity index (χ1) is 12.3. The number of aryl methyl sites for hydroxylation is 2. The number of para-hydroxylation sites is 1. The van der Waals surface area contributed by atoms with Gasteiger partial charge in [-0.15, -0.1) is 16.7 Å². The normalized spacial score (nSPS) is 21.7. The maximum Gasteiger partial charge on any atom is 0.230 e. The van der Waals surface area contributed by atoms with E-state index in [1.54, 1.807) is 4.68 Å². The van der Waals surface area contributed by atoms with Crippen LogP contribution in [0.2, 0.25) is 0 Å². The third-order valence-corrected chi connectivity index (χ3v) is 7.35. The van der Waals surface area contributed by atoms with Crippen molar-refractivity contribution in [1.29, 1.82) is 0 Å². The SMILES string of the molecule is Cc1cccc(C)c1-n1nnnc1SCC(=O)N[C@@H]1CS(=O)(=O)C[C@H]1Cl. The smallest absolute Gasteiger partial charge is 0.230 e. The van der Waals surface area contributed by atoms with Crippen LogP contribution >= 0.6 is 23.4 Å². The molecule has 1 saturated heterocycles. The fourth-order valence-electron chi connectivity index (χ4n) is 2.86. The first-order valence-electron chi connectivity index (χ1n) is 7.88. The van der Waals surface area contributed by atoms with Gasteiger partial charge in [-0.3, -0.25) is 4.79 Å². The zero-order valence-electron chi connectivity index (χ0n) is 14.2. The Kier molecular flexibility index (Phi) is 5.54. The van der Waals surface area contributed by atoms with Gasteiger partial charge in [0.2, 0.25) is 11.1 Å². The number of carbonyl (C=O) groups is 1. The molecule has 2 atom stereocenters. The Hall–Kier alpha value is -1.65. The van der Waals surface area contributed by atoms with Crippen LogP contribution in [-0.4, -0.2) is 63.2 Å². The first-order valence-corrected chi connectivity index (χ1v) is 11.1. The van der Waals surface area contributed by atoms with Crippen molar-refractivity contribution >= 4 is 39.1 Å². The highest BCUT2D eigenvalue weighted by Crippen LogP contribution is 2.23. The zero-order valence-corrected chi connectivity index (χ0v) is 16.6. The van der Waals surface area contributed by atoms with E-state index in [4.69, 9.17) is 11.6 Å². The van der Waals surface area contributed by atoms with E-state index in [-0.39, 0.29) is 23.2 Å². The standard InChI is InChI=1S/C15H18ClN5O3S2/c1-9-4-3-5-10(2)14(9)21-15(18-19-20-21)25-6-13(22)17-12-8-26(23,24)7-11(12)16/h3-5,11-12H,6-8H2,1-2H3,(H,17,22)/t11-,12-/m1/s1. The van der Waals surface area contributed by atoms with Crippen molar-refractivity contribution in [2.24, 2.45) is 0 Å². The van der Waals surface area contributed by atoms with Crippen molar-refractivity contribution in [1.82, 2.24) is 25.5 Å². The lowest BCUT2D eigenvalue weighted by Gasteiger charge is -2.14. The predicted molar refractivity (Wildman–Crippen MR) is 99.6 cm³/mol. The lowest BCUT2D eigenvalue weighted by Crippen LogP contribution is -2.41. The molecule has 1 aliphatic heterocycles. The van der Waals surface area contributed by atoms with Crippen LogP contribution in [0.5, 0.6) is 0 Å². The summed E-state index contributed by atoms with van der Waals surface area (Å²) < 4.78 is 24.7. The largest absolute Gasteiger partial charge is 0.350 e. The van der Waals surface area contributed by atoms with E-state index < -0.39 is 21.3 Å². The van der Waals surface area contributed by atoms with E-state index in [2.05, 4.69) is 20.8 Å². The summed E-state index contributed by atoms with van der Waals surface area (Å²) in [5.74, 6) is -0.487. The predicted octanol–water partition coefficient (Wildman–Crippen LogP) is 0.892. The zero-order chi connectivity index (χ0) is 18.9. The van der Waals surface area contributed by atoms with Gasteiger partial charge in [-0.25, -0.2) is 8.42 Å². The molecule has 140 valence electrons. The molecular formula is C15H18ClN5O3S2. The van der Waals surface area contributed by atoms with Gasteiger partial charge < -0.3 is 5.32 Å². The number of halogens is 1. The van der Waals surface area contributed by atoms with Gasteiger partial charge in [0.1, 0.15) is 0 Å². The second-order valence-corrected chi connectivity index (χ2v) is 9.83. The molecule has 2 aromatic rings. The molecule has 1 aromatic carbocycles. The van der Waals surface area contributed by atoms with Crippen LogP contribution in [0.4, 0.5) is 0 Å². The summed E-state index contributed by atoms with van der Waals surface area (Å²) in [6.07, 6.45) is 0. The molecule has 2 heterocycles. The maximum atomic E-state index is 12.2. The molecule has 3 rings (SSSR count). The van der Waals surface area contributed by atoms with Gasteiger partial charge >= 0.3 is 0 Å². The Balaban J connectivity index is 1.66. The van der Waals surface area contributed by atoms with Gasteiger partial charge in [0, 0.05) is 0 Å². The highest BCUT2D eigenvalue weighted by Gasteiger charge is 2.37. The van der Waals surface area contributed by atoms with Crippen molar-refractivity contribution < 1.29 is 13.2 Å². The number of benzene rings is 1. The molecule has 1 aromatic heterocycles. The van der Waals surface area contributed by atoms with Crippen LogP contribution in [0.3, 0.4) is 0 Å². The number of alkyl halides is 1. The van der Waals surface area contributed by atoms with Gasteiger partial charge in [0.25, 0.3) is 0 Å². The summed E-state index contributed by atoms with van der Waals surface area (Å²) in [5, 5.41) is 14.3. The molecule has 0 spiro atoms. The number of nitrogens with zero attached hydrogens (tertiary/aromatic N) is 4. The van der Waals surface area contributed by atoms with Crippen molar-refractivity contribution in [3.8, 4) is 5.69 Å². The van der Waals surface area contributed by atoms with Gasteiger partial charge in [-0.05, 0) is 35.4 Å². The van der Waals surface area contributed by atoms with Crippen molar-refractivity contribution in [3.05, 3.63) is 29.3 Å². The van der Waals surface area contributed by atoms with Gasteiger partial charge in [0.05, 0.1) is 34.4 Å². The summed E-state index contributed by atoms with van der Waals surface area (Å²) in [5.41, 5.74) is 2.91. The second kappa shape index (κ2) is 7.53. The van der Waals surface area contributed by atoms with Crippen molar-refractivity contribution in [3.63, 3.8) is 0 Å². The van der Waals surface area contributed by atoms with Gasteiger partial charge in [-0.2, -0.15) is 4.68 Å². The number of tetrazole rings is 1. The Morgan fingerprint density at radius 1 is 1.35 bits per heavy atom. The number of hydrogen-bond donors (Lipinski definition) is 1. The fraction of sp³-hybridized carbons (Fsp3) is 0.467. The third kappa shape index (κ3) is 4.18. The lowest BCUT2D eigenvalue weighted by molar-refractivity contribution is -0.119. The number of rotatable bonds is 5. The number of hydrogen-bond acceptors (Lipinski definition) is 7. The van der Waals surface area contributed by atoms with Crippen molar-refractivity contribution in [2.75, 3.05) is 17.3 Å². The molecule has 8 nitrogen and oxygen atoms in total. The average molecular weight is 416 g/mol. The molecule has 0 saturated carbocycles. The van der Waals surface area contributed by atoms with E-state index in [9.17, 15) is 13.2 Å². The Morgan fingerprint density at radius 2 is 2.04 bits per heavy atom. The molecule has 1 aliphatic rings. The average Bonchev–Trinajstić information content (AvgIpc) is 3.09. The van der Waals surface area contributed by atoms with E-state index in [1.807, 2.05) is 32.0 Å². The number of nitrogens with one attached hydrogen (secondary N) is 1. The van der Waals surface area contributed by atoms with Crippen LogP contribution in [0.25, 0.3) is 5.69 Å². The fourth-order valence-corrected chi connectivity index (χ4v) is 6.10. The number of amides is 1. The highest BCUT2D eigenvalue weighted by molar-refractivity contribution is 7.99. The topological polar surface area (TPSA) is 107 Å². The minimum absolute atomic E-state index is 0.0610. The summed E-state index contributed by atoms with van der Waals surface area (Å²) in [7, 11) is -3.19.